The Morgan fingerprint density at radius 3 is 1.57 bits per heavy atom. The standard InChI is InChI=1S/C21H43P2/c1-8-18-12-13-19(9-2)22(18)16(5)17(6)23(7)20(10-3)14-15-21(23)11-4/h16-21H,8-15H2,1-7H3/q+1/t16-,17-,18+,19+,20+,21+/m0/s1. The van der Waals surface area contributed by atoms with E-state index in [9.17, 15) is 0 Å². The van der Waals surface area contributed by atoms with Gasteiger partial charge in [-0.3, -0.25) is 0 Å². The summed E-state index contributed by atoms with van der Waals surface area (Å²) in [4.78, 5) is 0. The molecule has 0 aromatic carbocycles. The highest BCUT2D eigenvalue weighted by Crippen LogP contribution is 2.78. The van der Waals surface area contributed by atoms with Crippen LogP contribution >= 0.6 is 15.2 Å². The lowest BCUT2D eigenvalue weighted by atomic mass is 10.1. The molecule has 6 atom stereocenters. The summed E-state index contributed by atoms with van der Waals surface area (Å²) in [5.74, 6) is 0. The molecular weight excluding hydrogens is 314 g/mol. The molecule has 2 heteroatoms. The summed E-state index contributed by atoms with van der Waals surface area (Å²) in [5.41, 5.74) is 6.38. The van der Waals surface area contributed by atoms with Crippen LogP contribution in [0.4, 0.5) is 0 Å². The lowest BCUT2D eigenvalue weighted by molar-refractivity contribution is 0.696. The molecule has 2 saturated heterocycles. The molecular formula is C21H43P2+. The fourth-order valence-electron chi connectivity index (χ4n) is 6.29. The molecule has 0 saturated carbocycles. The normalized spacial score (nSPS) is 37.2. The molecule has 0 aliphatic carbocycles. The van der Waals surface area contributed by atoms with E-state index >= 15 is 0 Å². The summed E-state index contributed by atoms with van der Waals surface area (Å²) in [6.45, 7) is 18.1. The first-order chi connectivity index (χ1) is 10.9. The largest absolute Gasteiger partial charge is 0.0935 e. The minimum absolute atomic E-state index is 0.259. The molecule has 136 valence electrons. The average Bonchev–Trinajstić information content (AvgIpc) is 3.13. The lowest BCUT2D eigenvalue weighted by Crippen LogP contribution is -2.32. The Balaban J connectivity index is 2.24. The average molecular weight is 358 g/mol. The maximum Gasteiger partial charge on any atom is 0.0736 e. The van der Waals surface area contributed by atoms with Crippen LogP contribution in [0.2, 0.25) is 0 Å². The van der Waals surface area contributed by atoms with Crippen LogP contribution in [0.1, 0.15) is 92.9 Å². The molecule has 0 N–H and O–H groups in total. The Hall–Kier alpha value is 0.860. The van der Waals surface area contributed by atoms with Gasteiger partial charge in [-0.2, -0.15) is 0 Å². The van der Waals surface area contributed by atoms with E-state index in [1.807, 2.05) is 0 Å². The Kier molecular flexibility index (Phi) is 7.45. The summed E-state index contributed by atoms with van der Waals surface area (Å²) in [5, 5.41) is 0. The van der Waals surface area contributed by atoms with Crippen molar-refractivity contribution in [1.29, 1.82) is 0 Å². The Morgan fingerprint density at radius 1 is 0.783 bits per heavy atom. The van der Waals surface area contributed by atoms with Crippen LogP contribution in [-0.2, 0) is 0 Å². The predicted octanol–water partition coefficient (Wildman–Crippen LogP) is 7.59. The summed E-state index contributed by atoms with van der Waals surface area (Å²) in [7, 11) is -0.539. The first-order valence-corrected chi connectivity index (χ1v) is 14.6. The van der Waals surface area contributed by atoms with Crippen LogP contribution < -0.4 is 0 Å². The van der Waals surface area contributed by atoms with Crippen molar-refractivity contribution >= 4 is 15.2 Å². The molecule has 0 spiro atoms. The topological polar surface area (TPSA) is 0 Å². The monoisotopic (exact) mass is 357 g/mol. The van der Waals surface area contributed by atoms with Gasteiger partial charge in [0.1, 0.15) is 0 Å². The van der Waals surface area contributed by atoms with E-state index in [0.29, 0.717) is 0 Å². The van der Waals surface area contributed by atoms with Gasteiger partial charge in [0.05, 0.1) is 17.0 Å². The molecule has 0 unspecified atom stereocenters. The first kappa shape index (κ1) is 20.2. The number of hydrogen-bond donors (Lipinski definition) is 0. The van der Waals surface area contributed by atoms with Gasteiger partial charge in [-0.25, -0.2) is 0 Å². The SMILES string of the molecule is CC[C@@H]1CC[C@@H](CC)P1[C@@H](C)[C@H](C)[P+]1(C)[C@H](CC)CC[C@H]1CC. The van der Waals surface area contributed by atoms with Gasteiger partial charge in [0.25, 0.3) is 0 Å². The van der Waals surface area contributed by atoms with Crippen molar-refractivity contribution in [2.75, 3.05) is 6.66 Å². The van der Waals surface area contributed by atoms with Gasteiger partial charge in [0.15, 0.2) is 0 Å². The summed E-state index contributed by atoms with van der Waals surface area (Å²) in [6.07, 6.45) is 12.0. The van der Waals surface area contributed by atoms with Gasteiger partial charge in [0.2, 0.25) is 0 Å². The molecule has 0 aromatic heterocycles. The maximum absolute atomic E-state index is 2.80. The van der Waals surface area contributed by atoms with E-state index in [2.05, 4.69) is 48.2 Å². The Morgan fingerprint density at radius 2 is 1.22 bits per heavy atom. The highest BCUT2D eigenvalue weighted by Gasteiger charge is 2.57. The number of hydrogen-bond acceptors (Lipinski definition) is 0. The summed E-state index contributed by atoms with van der Waals surface area (Å²) < 4.78 is 0. The second kappa shape index (κ2) is 8.49. The van der Waals surface area contributed by atoms with Gasteiger partial charge in [0, 0.05) is 19.6 Å². The van der Waals surface area contributed by atoms with Crippen molar-refractivity contribution in [2.24, 2.45) is 0 Å². The van der Waals surface area contributed by atoms with Gasteiger partial charge in [-0.05, 0) is 69.6 Å². The lowest BCUT2D eigenvalue weighted by Gasteiger charge is -2.42. The Labute approximate surface area is 149 Å². The van der Waals surface area contributed by atoms with Crippen LogP contribution in [0.15, 0.2) is 0 Å². The zero-order valence-corrected chi connectivity index (χ0v) is 18.8. The van der Waals surface area contributed by atoms with Gasteiger partial charge in [-0.15, -0.1) is 0 Å². The van der Waals surface area contributed by atoms with Gasteiger partial charge in [-0.1, -0.05) is 42.5 Å². The van der Waals surface area contributed by atoms with Crippen molar-refractivity contribution in [3.63, 3.8) is 0 Å². The molecule has 0 amide bonds. The van der Waals surface area contributed by atoms with Crippen LogP contribution in [-0.4, -0.2) is 40.6 Å². The van der Waals surface area contributed by atoms with Crippen LogP contribution in [0.5, 0.6) is 0 Å². The molecule has 2 aliphatic rings. The van der Waals surface area contributed by atoms with E-state index < -0.39 is 7.26 Å². The minimum atomic E-state index is -0.798. The zero-order valence-electron chi connectivity index (χ0n) is 17.0. The molecule has 0 radical (unpaired) electrons. The van der Waals surface area contributed by atoms with E-state index in [4.69, 9.17) is 0 Å². The summed E-state index contributed by atoms with van der Waals surface area (Å²) >= 11 is 0. The van der Waals surface area contributed by atoms with Crippen LogP contribution in [0.25, 0.3) is 0 Å². The van der Waals surface area contributed by atoms with Crippen LogP contribution in [0.3, 0.4) is 0 Å². The van der Waals surface area contributed by atoms with Crippen molar-refractivity contribution < 1.29 is 0 Å². The molecule has 23 heavy (non-hydrogen) atoms. The van der Waals surface area contributed by atoms with Crippen molar-refractivity contribution in [1.82, 2.24) is 0 Å². The molecule has 2 fully saturated rings. The quantitative estimate of drug-likeness (QED) is 0.412. The van der Waals surface area contributed by atoms with E-state index in [1.54, 1.807) is 25.7 Å². The first-order valence-electron chi connectivity index (χ1n) is 10.6. The van der Waals surface area contributed by atoms with Crippen LogP contribution in [0, 0.1) is 0 Å². The van der Waals surface area contributed by atoms with Gasteiger partial charge < -0.3 is 0 Å². The fourth-order valence-corrected chi connectivity index (χ4v) is 17.6. The van der Waals surface area contributed by atoms with Crippen molar-refractivity contribution in [2.45, 2.75) is 127 Å². The highest BCUT2D eigenvalue weighted by molar-refractivity contribution is 7.78. The predicted molar refractivity (Wildman–Crippen MR) is 113 cm³/mol. The fraction of sp³-hybridized carbons (Fsp3) is 1.00. The van der Waals surface area contributed by atoms with E-state index in [-0.39, 0.29) is 7.92 Å². The number of rotatable bonds is 7. The molecule has 2 rings (SSSR count). The van der Waals surface area contributed by atoms with E-state index in [0.717, 1.165) is 34.0 Å². The van der Waals surface area contributed by atoms with Crippen molar-refractivity contribution in [3.05, 3.63) is 0 Å². The Bertz CT molecular complexity index is 343. The van der Waals surface area contributed by atoms with Crippen molar-refractivity contribution in [3.8, 4) is 0 Å². The molecule has 2 aliphatic heterocycles. The summed E-state index contributed by atoms with van der Waals surface area (Å²) in [6, 6.07) is 0. The zero-order chi connectivity index (χ0) is 17.2. The second-order valence-corrected chi connectivity index (χ2v) is 16.4. The van der Waals surface area contributed by atoms with Gasteiger partial charge >= 0.3 is 0 Å². The molecule has 0 aromatic rings. The maximum atomic E-state index is 2.80. The third-order valence-corrected chi connectivity index (χ3v) is 19.2. The molecule has 2 heterocycles. The third kappa shape index (κ3) is 3.56. The second-order valence-electron chi connectivity index (χ2n) is 8.55. The molecule has 0 nitrogen and oxygen atoms in total. The minimum Gasteiger partial charge on any atom is -0.0935 e. The van der Waals surface area contributed by atoms with E-state index in [1.165, 1.54) is 25.7 Å². The smallest absolute Gasteiger partial charge is 0.0736 e. The highest BCUT2D eigenvalue weighted by atomic mass is 31.2. The third-order valence-electron chi connectivity index (χ3n) is 8.01. The molecule has 0 bridgehead atoms.